The van der Waals surface area contributed by atoms with Gasteiger partial charge in [-0.3, -0.25) is 0 Å². The topological polar surface area (TPSA) is 44.2 Å². The van der Waals surface area contributed by atoms with Crippen LogP contribution < -0.4 is 0 Å². The first-order valence-corrected chi connectivity index (χ1v) is 19.8. The summed E-state index contributed by atoms with van der Waals surface area (Å²) in [6.07, 6.45) is 11.3. The van der Waals surface area contributed by atoms with Crippen LogP contribution in [0.25, 0.3) is 56.2 Å². The van der Waals surface area contributed by atoms with Crippen LogP contribution in [-0.4, -0.2) is 22.2 Å². The standard InChI is InChI=1S/C53H36N2O2/c1-3-14-33(15-4-1)45-32-46(34-16-5-2-6-17-34)55-52(54-45)37-19-13-18-35(30-37)36-26-27-40-44(31-36)53(41-22-9-7-20-38(41)39-21-8-10-23-42(39)53)43-28-29-49-51(50(40)43)57-48-25-12-11-24-47(48)56-49/h1-23,25-32,47,50-51H,24H2. The highest BCUT2D eigenvalue weighted by molar-refractivity contribution is 5.90. The largest absolute Gasteiger partial charge is 0.483 e. The number of allylic oxidation sites excluding steroid dienone is 4. The first-order chi connectivity index (χ1) is 28.2. The van der Waals surface area contributed by atoms with E-state index in [2.05, 4.69) is 176 Å². The minimum absolute atomic E-state index is 0.0158. The second-order valence-corrected chi connectivity index (χ2v) is 15.5. The molecule has 4 aliphatic carbocycles. The van der Waals surface area contributed by atoms with Gasteiger partial charge < -0.3 is 9.47 Å². The molecule has 1 aliphatic heterocycles. The fourth-order valence-corrected chi connectivity index (χ4v) is 9.99. The Labute approximate surface area is 331 Å². The van der Waals surface area contributed by atoms with Crippen LogP contribution in [0, 0.1) is 0 Å². The highest BCUT2D eigenvalue weighted by Gasteiger charge is 2.59. The van der Waals surface area contributed by atoms with Crippen molar-refractivity contribution in [2.75, 3.05) is 0 Å². The maximum absolute atomic E-state index is 6.97. The second kappa shape index (κ2) is 12.5. The van der Waals surface area contributed by atoms with Gasteiger partial charge in [-0.2, -0.15) is 0 Å². The van der Waals surface area contributed by atoms with E-state index < -0.39 is 5.41 Å². The molecule has 3 unspecified atom stereocenters. The van der Waals surface area contributed by atoms with E-state index in [0.29, 0.717) is 5.82 Å². The number of benzene rings is 6. The molecule has 12 rings (SSSR count). The molecular weight excluding hydrogens is 697 g/mol. The molecule has 2 heterocycles. The van der Waals surface area contributed by atoms with Crippen molar-refractivity contribution in [3.05, 3.63) is 227 Å². The fraction of sp³-hybridized carbons (Fsp3) is 0.0943. The first kappa shape index (κ1) is 32.2. The van der Waals surface area contributed by atoms with Gasteiger partial charge in [0.2, 0.25) is 0 Å². The Balaban J connectivity index is 1.04. The SMILES string of the molecule is C1=CCC2OC3=CC=C4C(c5ccc(-c6cccc(-c7nc(-c8ccccc8)cc(-c8ccccc8)n7)c6)cc5C45c4ccccc4-c4ccccc45)C3OC2=C1. The van der Waals surface area contributed by atoms with Crippen molar-refractivity contribution in [2.24, 2.45) is 0 Å². The minimum atomic E-state index is -0.485. The molecule has 5 aliphatic rings. The maximum atomic E-state index is 6.97. The molecule has 1 aromatic heterocycles. The monoisotopic (exact) mass is 732 g/mol. The lowest BCUT2D eigenvalue weighted by Crippen LogP contribution is -2.39. The molecule has 0 N–H and O–H groups in total. The van der Waals surface area contributed by atoms with Crippen molar-refractivity contribution in [2.45, 2.75) is 30.0 Å². The third-order valence-corrected chi connectivity index (χ3v) is 12.4. The van der Waals surface area contributed by atoms with Crippen molar-refractivity contribution in [1.82, 2.24) is 9.97 Å². The summed E-state index contributed by atoms with van der Waals surface area (Å²) in [6, 6.07) is 56.5. The molecule has 1 spiro atoms. The average molecular weight is 733 g/mol. The number of hydrogen-bond acceptors (Lipinski definition) is 4. The van der Waals surface area contributed by atoms with Gasteiger partial charge in [-0.1, -0.05) is 158 Å². The molecule has 57 heavy (non-hydrogen) atoms. The van der Waals surface area contributed by atoms with Crippen molar-refractivity contribution in [1.29, 1.82) is 0 Å². The molecule has 0 bridgehead atoms. The smallest absolute Gasteiger partial charge is 0.166 e. The van der Waals surface area contributed by atoms with Gasteiger partial charge in [0.25, 0.3) is 0 Å². The van der Waals surface area contributed by atoms with E-state index in [1.165, 1.54) is 39.0 Å². The minimum Gasteiger partial charge on any atom is -0.483 e. The van der Waals surface area contributed by atoms with Gasteiger partial charge in [-0.05, 0) is 80.4 Å². The van der Waals surface area contributed by atoms with Crippen LogP contribution in [0.2, 0.25) is 0 Å². The van der Waals surface area contributed by atoms with Crippen LogP contribution in [0.5, 0.6) is 0 Å². The number of fused-ring (bicyclic) bond motifs is 13. The predicted molar refractivity (Wildman–Crippen MR) is 226 cm³/mol. The van der Waals surface area contributed by atoms with Gasteiger partial charge >= 0.3 is 0 Å². The fourth-order valence-electron chi connectivity index (χ4n) is 9.99. The van der Waals surface area contributed by atoms with Gasteiger partial charge in [0.15, 0.2) is 18.0 Å². The molecule has 0 radical (unpaired) electrons. The lowest BCUT2D eigenvalue weighted by molar-refractivity contribution is -0.0448. The molecule has 6 aromatic carbocycles. The van der Waals surface area contributed by atoms with Crippen molar-refractivity contribution < 1.29 is 9.47 Å². The zero-order valence-electron chi connectivity index (χ0n) is 31.0. The lowest BCUT2D eigenvalue weighted by Gasteiger charge is -2.41. The number of nitrogens with zero attached hydrogens (tertiary/aromatic N) is 2. The summed E-state index contributed by atoms with van der Waals surface area (Å²) in [7, 11) is 0. The Morgan fingerprint density at radius 3 is 1.84 bits per heavy atom. The molecule has 0 saturated carbocycles. The summed E-state index contributed by atoms with van der Waals surface area (Å²) in [5.74, 6) is 2.51. The molecule has 1 fully saturated rings. The Morgan fingerprint density at radius 1 is 0.491 bits per heavy atom. The van der Waals surface area contributed by atoms with Gasteiger partial charge in [0.1, 0.15) is 11.5 Å². The third kappa shape index (κ3) is 4.80. The second-order valence-electron chi connectivity index (χ2n) is 15.5. The summed E-state index contributed by atoms with van der Waals surface area (Å²) in [6.45, 7) is 0. The van der Waals surface area contributed by atoms with Crippen LogP contribution in [-0.2, 0) is 14.9 Å². The maximum Gasteiger partial charge on any atom is 0.166 e. The number of ether oxygens (including phenoxy) is 2. The number of hydrogen-bond donors (Lipinski definition) is 0. The zero-order valence-corrected chi connectivity index (χ0v) is 31.0. The molecule has 3 atom stereocenters. The number of rotatable bonds is 4. The molecule has 7 aromatic rings. The number of aromatic nitrogens is 2. The zero-order chi connectivity index (χ0) is 37.5. The van der Waals surface area contributed by atoms with E-state index in [1.54, 1.807) is 0 Å². The third-order valence-electron chi connectivity index (χ3n) is 12.4. The quantitative estimate of drug-likeness (QED) is 0.181. The van der Waals surface area contributed by atoms with E-state index in [-0.39, 0.29) is 18.1 Å². The van der Waals surface area contributed by atoms with E-state index >= 15 is 0 Å². The molecule has 4 nitrogen and oxygen atoms in total. The highest BCUT2D eigenvalue weighted by Crippen LogP contribution is 2.66. The Hall–Kier alpha value is -7.04. The van der Waals surface area contributed by atoms with Crippen molar-refractivity contribution in [3.63, 3.8) is 0 Å². The average Bonchev–Trinajstić information content (AvgIpc) is 3.76. The molecule has 1 saturated heterocycles. The summed E-state index contributed by atoms with van der Waals surface area (Å²) in [5, 5.41) is 0. The predicted octanol–water partition coefficient (Wildman–Crippen LogP) is 12.0. The summed E-state index contributed by atoms with van der Waals surface area (Å²) in [5.41, 5.74) is 15.8. The molecule has 0 amide bonds. The Kier molecular flexibility index (Phi) is 7.06. The van der Waals surface area contributed by atoms with Crippen LogP contribution in [0.15, 0.2) is 205 Å². The van der Waals surface area contributed by atoms with E-state index in [9.17, 15) is 0 Å². The normalized spacial score (nSPS) is 20.0. The molecule has 4 heteroatoms. The molecule has 270 valence electrons. The van der Waals surface area contributed by atoms with E-state index in [4.69, 9.17) is 19.4 Å². The van der Waals surface area contributed by atoms with Gasteiger partial charge in [0, 0.05) is 23.1 Å². The van der Waals surface area contributed by atoms with Crippen LogP contribution in [0.1, 0.15) is 34.6 Å². The van der Waals surface area contributed by atoms with E-state index in [0.717, 1.165) is 57.1 Å². The summed E-state index contributed by atoms with van der Waals surface area (Å²) in [4.78, 5) is 10.3. The summed E-state index contributed by atoms with van der Waals surface area (Å²) >= 11 is 0. The van der Waals surface area contributed by atoms with Crippen molar-refractivity contribution in [3.8, 4) is 56.2 Å². The Bertz CT molecular complexity index is 2800. The van der Waals surface area contributed by atoms with Crippen LogP contribution in [0.4, 0.5) is 0 Å². The van der Waals surface area contributed by atoms with Crippen LogP contribution >= 0.6 is 0 Å². The molecular formula is C53H36N2O2. The van der Waals surface area contributed by atoms with Gasteiger partial charge in [-0.25, -0.2) is 9.97 Å². The van der Waals surface area contributed by atoms with Gasteiger partial charge in [0.05, 0.1) is 22.7 Å². The van der Waals surface area contributed by atoms with Crippen molar-refractivity contribution >= 4 is 0 Å². The first-order valence-electron chi connectivity index (χ1n) is 19.8. The van der Waals surface area contributed by atoms with Gasteiger partial charge in [-0.15, -0.1) is 0 Å². The lowest BCUT2D eigenvalue weighted by atomic mass is 9.68. The highest BCUT2D eigenvalue weighted by atomic mass is 16.6. The Morgan fingerprint density at radius 2 is 1.12 bits per heavy atom. The summed E-state index contributed by atoms with van der Waals surface area (Å²) < 4.78 is 13.7. The van der Waals surface area contributed by atoms with Crippen LogP contribution in [0.3, 0.4) is 0 Å². The van der Waals surface area contributed by atoms with E-state index in [1.807, 2.05) is 12.1 Å².